The molecule has 9 heteroatoms. The zero-order chi connectivity index (χ0) is 21.5. The Balaban J connectivity index is 1.40. The van der Waals surface area contributed by atoms with Crippen molar-refractivity contribution in [1.29, 1.82) is 0 Å². The van der Waals surface area contributed by atoms with Crippen molar-refractivity contribution in [2.45, 2.75) is 0 Å². The summed E-state index contributed by atoms with van der Waals surface area (Å²) in [5.41, 5.74) is 1.17. The van der Waals surface area contributed by atoms with E-state index in [0.29, 0.717) is 0 Å². The minimum absolute atomic E-state index is 0.131. The number of rotatable bonds is 7. The van der Waals surface area contributed by atoms with Gasteiger partial charge in [0.25, 0.3) is 5.91 Å². The molecule has 1 saturated heterocycles. The van der Waals surface area contributed by atoms with E-state index in [0.717, 1.165) is 54.6 Å². The lowest BCUT2D eigenvalue weighted by molar-refractivity contribution is -0.892. The fourth-order valence-electron chi connectivity index (χ4n) is 3.38. The second-order valence-corrected chi connectivity index (χ2v) is 7.04. The molecule has 3 N–H and O–H groups in total. The Morgan fingerprint density at radius 2 is 1.80 bits per heavy atom. The number of nitrogens with one attached hydrogen (secondary N) is 3. The lowest BCUT2D eigenvalue weighted by Gasteiger charge is -2.34. The third-order valence-corrected chi connectivity index (χ3v) is 4.96. The number of para-hydroxylation sites is 2. The van der Waals surface area contributed by atoms with Gasteiger partial charge in [0, 0.05) is 11.8 Å². The van der Waals surface area contributed by atoms with Crippen LogP contribution in [-0.2, 0) is 9.59 Å². The van der Waals surface area contributed by atoms with Crippen LogP contribution in [0.15, 0.2) is 42.5 Å². The van der Waals surface area contributed by atoms with Crippen LogP contribution in [0.1, 0.15) is 0 Å². The molecule has 0 spiro atoms. The highest BCUT2D eigenvalue weighted by Gasteiger charge is 2.24. The molecular weight excluding hydrogens is 394 g/mol. The first-order valence-electron chi connectivity index (χ1n) is 9.69. The van der Waals surface area contributed by atoms with Gasteiger partial charge in [0.15, 0.2) is 18.2 Å². The van der Waals surface area contributed by atoms with Gasteiger partial charge in [-0.15, -0.1) is 0 Å². The molecule has 0 radical (unpaired) electrons. The van der Waals surface area contributed by atoms with E-state index in [1.807, 2.05) is 24.3 Å². The second-order valence-electron chi connectivity index (χ2n) is 7.04. The number of piperazine rings is 1. The number of carbonyl (C=O) groups is 2. The van der Waals surface area contributed by atoms with Crippen LogP contribution in [0.25, 0.3) is 0 Å². The predicted octanol–water partition coefficient (Wildman–Crippen LogP) is 0.433. The van der Waals surface area contributed by atoms with Crippen molar-refractivity contribution in [2.75, 3.05) is 56.6 Å². The molecule has 1 fully saturated rings. The van der Waals surface area contributed by atoms with Crippen molar-refractivity contribution in [2.24, 2.45) is 0 Å². The summed E-state index contributed by atoms with van der Waals surface area (Å²) in [6.07, 6.45) is 0. The number of halogens is 2. The predicted molar refractivity (Wildman–Crippen MR) is 109 cm³/mol. The lowest BCUT2D eigenvalue weighted by atomic mass is 10.2. The third kappa shape index (κ3) is 5.66. The maximum Gasteiger partial charge on any atom is 0.275 e. The van der Waals surface area contributed by atoms with Crippen molar-refractivity contribution in [1.82, 2.24) is 5.32 Å². The number of nitrogens with zero attached hydrogens (tertiary/aromatic N) is 1. The summed E-state index contributed by atoms with van der Waals surface area (Å²) in [6.45, 7) is 3.18. The molecule has 0 bridgehead atoms. The molecule has 7 nitrogen and oxygen atoms in total. The molecule has 2 aromatic rings. The number of carbonyl (C=O) groups excluding carboxylic acids is 2. The fraction of sp³-hybridized carbons (Fsp3) is 0.333. The summed E-state index contributed by atoms with van der Waals surface area (Å²) in [4.78, 5) is 27.4. The van der Waals surface area contributed by atoms with Crippen molar-refractivity contribution in [3.05, 3.63) is 54.1 Å². The fourth-order valence-corrected chi connectivity index (χ4v) is 3.38. The van der Waals surface area contributed by atoms with E-state index >= 15 is 0 Å². The molecule has 3 rings (SSSR count). The zero-order valence-corrected chi connectivity index (χ0v) is 16.7. The maximum atomic E-state index is 13.2. The van der Waals surface area contributed by atoms with Crippen LogP contribution in [0, 0.1) is 11.6 Å². The molecular formula is C21H25F2N4O3+. The van der Waals surface area contributed by atoms with E-state index in [9.17, 15) is 18.4 Å². The second kappa shape index (κ2) is 10.0. The molecule has 1 heterocycles. The average Bonchev–Trinajstić information content (AvgIpc) is 2.75. The number of methoxy groups -OCH3 is 1. The number of hydrogen-bond donors (Lipinski definition) is 3. The Morgan fingerprint density at radius 3 is 2.50 bits per heavy atom. The standard InChI is InChI=1S/C21H24F2N4O3/c1-30-19-5-3-2-4-18(19)27-10-8-26(9-11-27)14-21(29)24-13-20(28)25-15-6-7-16(22)17(23)12-15/h2-7,12H,8-11,13-14H2,1H3,(H,24,29)(H,25,28)/p+1. The minimum atomic E-state index is -1.05. The summed E-state index contributed by atoms with van der Waals surface area (Å²) in [7, 11) is 1.65. The number of anilines is 2. The van der Waals surface area contributed by atoms with Crippen LogP contribution >= 0.6 is 0 Å². The van der Waals surface area contributed by atoms with Crippen molar-refractivity contribution in [3.8, 4) is 5.75 Å². The van der Waals surface area contributed by atoms with Crippen molar-refractivity contribution >= 4 is 23.2 Å². The third-order valence-electron chi connectivity index (χ3n) is 4.96. The van der Waals surface area contributed by atoms with E-state index in [4.69, 9.17) is 4.74 Å². The number of amides is 2. The first-order valence-corrected chi connectivity index (χ1v) is 9.69. The topological polar surface area (TPSA) is 75.1 Å². The van der Waals surface area contributed by atoms with Gasteiger partial charge in [-0.3, -0.25) is 9.59 Å². The number of quaternary nitrogens is 1. The molecule has 0 aliphatic carbocycles. The lowest BCUT2D eigenvalue weighted by Crippen LogP contribution is -3.16. The van der Waals surface area contributed by atoms with Gasteiger partial charge in [0.05, 0.1) is 45.5 Å². The molecule has 0 aromatic heterocycles. The van der Waals surface area contributed by atoms with Gasteiger partial charge in [-0.2, -0.15) is 0 Å². The van der Waals surface area contributed by atoms with Gasteiger partial charge in [0.1, 0.15) is 5.75 Å². The van der Waals surface area contributed by atoms with Crippen LogP contribution in [0.3, 0.4) is 0 Å². The Bertz CT molecular complexity index is 902. The molecule has 0 atom stereocenters. The smallest absolute Gasteiger partial charge is 0.275 e. The van der Waals surface area contributed by atoms with Gasteiger partial charge in [-0.1, -0.05) is 12.1 Å². The summed E-state index contributed by atoms with van der Waals surface area (Å²) in [5.74, 6) is -1.96. The van der Waals surface area contributed by atoms with Crippen molar-refractivity contribution < 1.29 is 28.0 Å². The van der Waals surface area contributed by atoms with Gasteiger partial charge in [-0.25, -0.2) is 8.78 Å². The summed E-state index contributed by atoms with van der Waals surface area (Å²) < 4.78 is 31.5. The Hall–Kier alpha value is -3.20. The quantitative estimate of drug-likeness (QED) is 0.609. The highest BCUT2D eigenvalue weighted by Crippen LogP contribution is 2.27. The first-order chi connectivity index (χ1) is 14.5. The van der Waals surface area contributed by atoms with Crippen LogP contribution in [0.2, 0.25) is 0 Å². The largest absolute Gasteiger partial charge is 0.495 e. The Morgan fingerprint density at radius 1 is 1.07 bits per heavy atom. The molecule has 160 valence electrons. The zero-order valence-electron chi connectivity index (χ0n) is 16.7. The van der Waals surface area contributed by atoms with E-state index in [1.54, 1.807) is 7.11 Å². The van der Waals surface area contributed by atoms with Gasteiger partial charge in [0.2, 0.25) is 5.91 Å². The number of benzene rings is 2. The highest BCUT2D eigenvalue weighted by molar-refractivity contribution is 5.94. The van der Waals surface area contributed by atoms with E-state index < -0.39 is 17.5 Å². The molecule has 2 amide bonds. The average molecular weight is 419 g/mol. The molecule has 2 aromatic carbocycles. The van der Waals surface area contributed by atoms with Crippen LogP contribution in [0.5, 0.6) is 5.75 Å². The van der Waals surface area contributed by atoms with E-state index in [2.05, 4.69) is 15.5 Å². The van der Waals surface area contributed by atoms with Crippen molar-refractivity contribution in [3.63, 3.8) is 0 Å². The summed E-state index contributed by atoms with van der Waals surface area (Å²) in [5, 5.41) is 4.98. The normalized spacial score (nSPS) is 14.3. The highest BCUT2D eigenvalue weighted by atomic mass is 19.2. The number of ether oxygens (including phenoxy) is 1. The van der Waals surface area contributed by atoms with Gasteiger partial charge >= 0.3 is 0 Å². The van der Waals surface area contributed by atoms with E-state index in [-0.39, 0.29) is 24.7 Å². The van der Waals surface area contributed by atoms with Crippen LogP contribution < -0.4 is 25.2 Å². The monoisotopic (exact) mass is 419 g/mol. The minimum Gasteiger partial charge on any atom is -0.495 e. The molecule has 30 heavy (non-hydrogen) atoms. The SMILES string of the molecule is COc1ccccc1N1CC[NH+](CC(=O)NCC(=O)Nc2ccc(F)c(F)c2)CC1. The maximum absolute atomic E-state index is 13.2. The molecule has 0 unspecified atom stereocenters. The van der Waals surface area contributed by atoms with E-state index in [1.165, 1.54) is 6.07 Å². The molecule has 1 aliphatic rings. The van der Waals surface area contributed by atoms with Gasteiger partial charge < -0.3 is 25.2 Å². The Kier molecular flexibility index (Phi) is 7.18. The summed E-state index contributed by atoms with van der Waals surface area (Å²) >= 11 is 0. The summed E-state index contributed by atoms with van der Waals surface area (Å²) in [6, 6.07) is 10.9. The first kappa shape index (κ1) is 21.5. The molecule has 1 aliphatic heterocycles. The molecule has 0 saturated carbocycles. The van der Waals surface area contributed by atoms with Crippen LogP contribution in [-0.4, -0.2) is 58.2 Å². The number of hydrogen-bond acceptors (Lipinski definition) is 4. The van der Waals surface area contributed by atoms with Crippen LogP contribution in [0.4, 0.5) is 20.2 Å². The Labute approximate surface area is 173 Å². The van der Waals surface area contributed by atoms with Gasteiger partial charge in [-0.05, 0) is 24.3 Å².